The number of anilines is 2. The summed E-state index contributed by atoms with van der Waals surface area (Å²) in [4.78, 5) is 10.1. The highest BCUT2D eigenvalue weighted by Crippen LogP contribution is 2.15. The lowest BCUT2D eigenvalue weighted by atomic mass is 10.4. The van der Waals surface area contributed by atoms with Crippen molar-refractivity contribution in [3.8, 4) is 0 Å². The largest absolute Gasteiger partial charge is 0.394 e. The number of nitrogens with one attached hydrogen (secondary N) is 1. The van der Waals surface area contributed by atoms with Gasteiger partial charge >= 0.3 is 0 Å². The number of hydrogen-bond acceptors (Lipinski definition) is 5. The first-order chi connectivity index (χ1) is 7.67. The topological polar surface area (TPSA) is 67.1 Å². The van der Waals surface area contributed by atoms with Crippen LogP contribution in [0.5, 0.6) is 0 Å². The van der Waals surface area contributed by atoms with Gasteiger partial charge in [-0.15, -0.1) is 0 Å². The molecule has 0 aromatic carbocycles. The number of nitrogens with two attached hydrogens (primary N) is 1. The summed E-state index contributed by atoms with van der Waals surface area (Å²) in [5, 5.41) is 3.36. The van der Waals surface area contributed by atoms with E-state index in [-0.39, 0.29) is 5.28 Å². The molecule has 1 rings (SSSR count). The van der Waals surface area contributed by atoms with E-state index in [4.69, 9.17) is 17.3 Å². The van der Waals surface area contributed by atoms with Crippen molar-refractivity contribution in [1.29, 1.82) is 0 Å². The van der Waals surface area contributed by atoms with Gasteiger partial charge in [-0.2, -0.15) is 4.98 Å². The summed E-state index contributed by atoms with van der Waals surface area (Å²) in [5.41, 5.74) is 6.23. The molecular formula is C10H18ClN5. The molecule has 0 atom stereocenters. The van der Waals surface area contributed by atoms with Gasteiger partial charge in [0.25, 0.3) is 0 Å². The van der Waals surface area contributed by atoms with Gasteiger partial charge in [-0.3, -0.25) is 0 Å². The fourth-order valence-corrected chi connectivity index (χ4v) is 1.52. The van der Waals surface area contributed by atoms with E-state index in [0.717, 1.165) is 26.2 Å². The average molecular weight is 244 g/mol. The first-order valence-electron chi connectivity index (χ1n) is 5.41. The molecule has 0 unspecified atom stereocenters. The Bertz CT molecular complexity index is 327. The molecule has 5 nitrogen and oxygen atoms in total. The van der Waals surface area contributed by atoms with Crippen LogP contribution in [0.3, 0.4) is 0 Å². The lowest BCUT2D eigenvalue weighted by molar-refractivity contribution is 0.316. The van der Waals surface area contributed by atoms with Crippen LogP contribution in [0.4, 0.5) is 11.5 Å². The maximum absolute atomic E-state index is 5.71. The minimum absolute atomic E-state index is 0.208. The minimum atomic E-state index is 0.208. The Hall–Kier alpha value is -1.07. The van der Waals surface area contributed by atoms with E-state index >= 15 is 0 Å². The SMILES string of the molecule is CCN(CC)CCNc1nc(Cl)ncc1N. The zero-order valence-corrected chi connectivity index (χ0v) is 10.5. The molecule has 0 aliphatic carbocycles. The zero-order valence-electron chi connectivity index (χ0n) is 9.70. The molecule has 0 saturated heterocycles. The highest BCUT2D eigenvalue weighted by molar-refractivity contribution is 6.28. The van der Waals surface area contributed by atoms with E-state index in [9.17, 15) is 0 Å². The monoisotopic (exact) mass is 243 g/mol. The Morgan fingerprint density at radius 2 is 2.12 bits per heavy atom. The lowest BCUT2D eigenvalue weighted by Gasteiger charge is -2.18. The molecule has 0 amide bonds. The molecule has 6 heteroatoms. The van der Waals surface area contributed by atoms with Crippen molar-refractivity contribution in [2.75, 3.05) is 37.2 Å². The van der Waals surface area contributed by atoms with Crippen LogP contribution in [0.15, 0.2) is 6.20 Å². The summed E-state index contributed by atoms with van der Waals surface area (Å²) >= 11 is 5.68. The highest BCUT2D eigenvalue weighted by Gasteiger charge is 2.03. The maximum Gasteiger partial charge on any atom is 0.224 e. The van der Waals surface area contributed by atoms with Crippen LogP contribution >= 0.6 is 11.6 Å². The molecule has 1 aromatic rings. The molecular weight excluding hydrogens is 226 g/mol. The molecule has 0 saturated carbocycles. The molecule has 16 heavy (non-hydrogen) atoms. The van der Waals surface area contributed by atoms with Gasteiger partial charge in [-0.05, 0) is 24.7 Å². The Balaban J connectivity index is 2.45. The minimum Gasteiger partial charge on any atom is -0.394 e. The molecule has 0 spiro atoms. The summed E-state index contributed by atoms with van der Waals surface area (Å²) in [6.07, 6.45) is 1.51. The van der Waals surface area contributed by atoms with Crippen molar-refractivity contribution in [2.24, 2.45) is 0 Å². The van der Waals surface area contributed by atoms with E-state index in [0.29, 0.717) is 11.5 Å². The van der Waals surface area contributed by atoms with Crippen molar-refractivity contribution >= 4 is 23.1 Å². The van der Waals surface area contributed by atoms with Crippen LogP contribution in [0.25, 0.3) is 0 Å². The number of nitrogen functional groups attached to an aromatic ring is 1. The van der Waals surface area contributed by atoms with Crippen LogP contribution in [0.1, 0.15) is 13.8 Å². The fourth-order valence-electron chi connectivity index (χ4n) is 1.38. The molecule has 1 aromatic heterocycles. The number of aromatic nitrogens is 2. The standard InChI is InChI=1S/C10H18ClN5/c1-3-16(4-2)6-5-13-9-8(12)7-14-10(11)15-9/h7H,3-6,12H2,1-2H3,(H,13,14,15). The maximum atomic E-state index is 5.71. The van der Waals surface area contributed by atoms with Gasteiger partial charge in [0.05, 0.1) is 11.9 Å². The van der Waals surface area contributed by atoms with Gasteiger partial charge in [0.2, 0.25) is 5.28 Å². The predicted octanol–water partition coefficient (Wildman–Crippen LogP) is 1.47. The molecule has 0 aliphatic rings. The third-order valence-corrected chi connectivity index (χ3v) is 2.58. The quantitative estimate of drug-likeness (QED) is 0.741. The summed E-state index contributed by atoms with van der Waals surface area (Å²) < 4.78 is 0. The summed E-state index contributed by atoms with van der Waals surface area (Å²) in [6, 6.07) is 0. The Labute approximate surface area is 101 Å². The van der Waals surface area contributed by atoms with Crippen molar-refractivity contribution in [1.82, 2.24) is 14.9 Å². The molecule has 0 radical (unpaired) electrons. The average Bonchev–Trinajstić information content (AvgIpc) is 2.29. The Kier molecular flexibility index (Phi) is 5.28. The Morgan fingerprint density at radius 3 is 2.75 bits per heavy atom. The number of halogens is 1. The van der Waals surface area contributed by atoms with Gasteiger partial charge in [0.15, 0.2) is 5.82 Å². The van der Waals surface area contributed by atoms with Crippen LogP contribution in [-0.4, -0.2) is 41.0 Å². The van der Waals surface area contributed by atoms with E-state index in [1.807, 2.05) is 0 Å². The molecule has 90 valence electrons. The van der Waals surface area contributed by atoms with E-state index in [2.05, 4.69) is 34.0 Å². The van der Waals surface area contributed by atoms with Crippen LogP contribution in [-0.2, 0) is 0 Å². The van der Waals surface area contributed by atoms with Crippen molar-refractivity contribution in [3.05, 3.63) is 11.5 Å². The number of nitrogens with zero attached hydrogens (tertiary/aromatic N) is 3. The van der Waals surface area contributed by atoms with E-state index < -0.39 is 0 Å². The third kappa shape index (κ3) is 3.83. The normalized spacial score (nSPS) is 10.8. The van der Waals surface area contributed by atoms with Gasteiger partial charge in [0.1, 0.15) is 0 Å². The van der Waals surface area contributed by atoms with Crippen molar-refractivity contribution < 1.29 is 0 Å². The van der Waals surface area contributed by atoms with Crippen LogP contribution in [0.2, 0.25) is 5.28 Å². The molecule has 0 fully saturated rings. The van der Waals surface area contributed by atoms with E-state index in [1.165, 1.54) is 6.20 Å². The molecule has 1 heterocycles. The smallest absolute Gasteiger partial charge is 0.224 e. The molecule has 0 aliphatic heterocycles. The first-order valence-corrected chi connectivity index (χ1v) is 5.79. The molecule has 0 bridgehead atoms. The molecule has 3 N–H and O–H groups in total. The van der Waals surface area contributed by atoms with Crippen molar-refractivity contribution in [3.63, 3.8) is 0 Å². The van der Waals surface area contributed by atoms with Crippen molar-refractivity contribution in [2.45, 2.75) is 13.8 Å². The Morgan fingerprint density at radius 1 is 1.44 bits per heavy atom. The second-order valence-corrected chi connectivity index (χ2v) is 3.73. The van der Waals surface area contributed by atoms with Gasteiger partial charge in [-0.25, -0.2) is 4.98 Å². The fraction of sp³-hybridized carbons (Fsp3) is 0.600. The zero-order chi connectivity index (χ0) is 12.0. The number of rotatable bonds is 6. The summed E-state index contributed by atoms with van der Waals surface area (Å²) in [6.45, 7) is 8.10. The predicted molar refractivity (Wildman–Crippen MR) is 67.7 cm³/mol. The van der Waals surface area contributed by atoms with Gasteiger partial charge in [0, 0.05) is 13.1 Å². The summed E-state index contributed by atoms with van der Waals surface area (Å²) in [5.74, 6) is 0.604. The lowest BCUT2D eigenvalue weighted by Crippen LogP contribution is -2.28. The third-order valence-electron chi connectivity index (χ3n) is 2.40. The first kappa shape index (κ1) is 13.0. The second-order valence-electron chi connectivity index (χ2n) is 3.40. The summed E-state index contributed by atoms with van der Waals surface area (Å²) in [7, 11) is 0. The van der Waals surface area contributed by atoms with Crippen LogP contribution in [0, 0.1) is 0 Å². The van der Waals surface area contributed by atoms with Gasteiger partial charge in [-0.1, -0.05) is 13.8 Å². The van der Waals surface area contributed by atoms with Crippen LogP contribution < -0.4 is 11.1 Å². The number of likely N-dealkylation sites (N-methyl/N-ethyl adjacent to an activating group) is 1. The highest BCUT2D eigenvalue weighted by atomic mass is 35.5. The number of hydrogen-bond donors (Lipinski definition) is 2. The van der Waals surface area contributed by atoms with Gasteiger partial charge < -0.3 is 16.0 Å². The second kappa shape index (κ2) is 6.50. The van der Waals surface area contributed by atoms with E-state index in [1.54, 1.807) is 0 Å².